The highest BCUT2D eigenvalue weighted by atomic mass is 19.1. The van der Waals surface area contributed by atoms with Crippen molar-refractivity contribution in [3.63, 3.8) is 0 Å². The number of aromatic nitrogens is 4. The summed E-state index contributed by atoms with van der Waals surface area (Å²) in [5.74, 6) is 0.429. The van der Waals surface area contributed by atoms with Crippen molar-refractivity contribution in [1.29, 1.82) is 0 Å². The lowest BCUT2D eigenvalue weighted by atomic mass is 9.96. The highest BCUT2D eigenvalue weighted by Gasteiger charge is 2.27. The minimum Gasteiger partial charge on any atom is -0.338 e. The van der Waals surface area contributed by atoms with Crippen LogP contribution in [0, 0.1) is 12.7 Å². The Bertz CT molecular complexity index is 1470. The van der Waals surface area contributed by atoms with E-state index in [4.69, 9.17) is 4.98 Å². The van der Waals surface area contributed by atoms with Gasteiger partial charge in [-0.3, -0.25) is 4.90 Å². The van der Waals surface area contributed by atoms with Crippen molar-refractivity contribution in [2.45, 2.75) is 13.0 Å². The van der Waals surface area contributed by atoms with Crippen molar-refractivity contribution < 1.29 is 4.39 Å². The topological polar surface area (TPSA) is 50.1 Å². The highest BCUT2D eigenvalue weighted by Crippen LogP contribution is 2.30. The molecule has 0 spiro atoms. The van der Waals surface area contributed by atoms with Crippen LogP contribution in [0.25, 0.3) is 16.9 Å². The lowest BCUT2D eigenvalue weighted by Crippen LogP contribution is -2.48. The number of piperazine rings is 1. The van der Waals surface area contributed by atoms with Crippen LogP contribution in [-0.2, 0) is 0 Å². The maximum Gasteiger partial charge on any atom is 0.225 e. The number of anilines is 1. The monoisotopic (exact) mass is 504 g/mol. The summed E-state index contributed by atoms with van der Waals surface area (Å²) in [4.78, 5) is 14.3. The van der Waals surface area contributed by atoms with Crippen LogP contribution in [0.1, 0.15) is 22.9 Å². The van der Waals surface area contributed by atoms with E-state index in [1.165, 1.54) is 23.3 Å². The molecule has 0 unspecified atom stereocenters. The Labute approximate surface area is 222 Å². The Hall–Kier alpha value is -4.36. The van der Waals surface area contributed by atoms with Gasteiger partial charge in [0.15, 0.2) is 0 Å². The summed E-state index contributed by atoms with van der Waals surface area (Å²) in [6.45, 7) is 5.42. The summed E-state index contributed by atoms with van der Waals surface area (Å²) in [5.41, 5.74) is 5.83. The largest absolute Gasteiger partial charge is 0.338 e. The molecule has 5 aromatic rings. The first-order valence-electron chi connectivity index (χ1n) is 12.9. The van der Waals surface area contributed by atoms with Crippen molar-refractivity contribution in [1.82, 2.24) is 24.6 Å². The number of halogens is 1. The quantitative estimate of drug-likeness (QED) is 0.297. The van der Waals surface area contributed by atoms with Gasteiger partial charge in [-0.1, -0.05) is 66.7 Å². The molecule has 6 rings (SSSR count). The second-order valence-corrected chi connectivity index (χ2v) is 9.54. The highest BCUT2D eigenvalue weighted by molar-refractivity contribution is 5.62. The minimum atomic E-state index is -0.289. The van der Waals surface area contributed by atoms with Gasteiger partial charge in [-0.05, 0) is 42.3 Å². The molecule has 1 aliphatic rings. The Morgan fingerprint density at radius 2 is 1.47 bits per heavy atom. The number of aryl methyl sites for hydroxylation is 1. The molecular formula is C31H29FN6. The first kappa shape index (κ1) is 24.0. The molecule has 6 nitrogen and oxygen atoms in total. The van der Waals surface area contributed by atoms with Crippen LogP contribution in [0.5, 0.6) is 0 Å². The van der Waals surface area contributed by atoms with Crippen LogP contribution < -0.4 is 4.90 Å². The molecule has 0 atom stereocenters. The molecule has 7 heteroatoms. The maximum atomic E-state index is 13.7. The van der Waals surface area contributed by atoms with Crippen molar-refractivity contribution >= 4 is 5.95 Å². The lowest BCUT2D eigenvalue weighted by molar-refractivity contribution is 0.211. The number of nitrogens with zero attached hydrogens (tertiary/aromatic N) is 6. The molecule has 190 valence electrons. The van der Waals surface area contributed by atoms with Gasteiger partial charge in [0.25, 0.3) is 0 Å². The fourth-order valence-corrected chi connectivity index (χ4v) is 5.18. The van der Waals surface area contributed by atoms with Crippen molar-refractivity contribution in [3.8, 4) is 16.9 Å². The molecule has 1 fully saturated rings. The predicted octanol–water partition coefficient (Wildman–Crippen LogP) is 5.69. The van der Waals surface area contributed by atoms with E-state index in [2.05, 4.69) is 80.5 Å². The first-order valence-corrected chi connectivity index (χ1v) is 12.9. The first-order chi connectivity index (χ1) is 18.7. The average molecular weight is 505 g/mol. The van der Waals surface area contributed by atoms with Crippen LogP contribution in [0.4, 0.5) is 10.3 Å². The van der Waals surface area contributed by atoms with Gasteiger partial charge in [0.2, 0.25) is 5.95 Å². The minimum absolute atomic E-state index is 0.211. The summed E-state index contributed by atoms with van der Waals surface area (Å²) in [7, 11) is 0. The van der Waals surface area contributed by atoms with Gasteiger partial charge in [0.1, 0.15) is 5.82 Å². The summed E-state index contributed by atoms with van der Waals surface area (Å²) < 4.78 is 15.4. The van der Waals surface area contributed by atoms with E-state index in [0.29, 0.717) is 5.69 Å². The van der Waals surface area contributed by atoms with E-state index in [1.807, 2.05) is 25.3 Å². The molecule has 0 radical (unpaired) electrons. The standard InChI is InChI=1S/C31H29FN6/c1-23-28(22-38(35-23)27-14-8-13-26(32)21-27)29-15-16-33-31(34-29)37-19-17-36(18-20-37)30(24-9-4-2-5-10-24)25-11-6-3-7-12-25/h2-16,21-22,30H,17-20H2,1H3. The second-order valence-electron chi connectivity index (χ2n) is 9.54. The molecule has 1 saturated heterocycles. The van der Waals surface area contributed by atoms with E-state index in [0.717, 1.165) is 49.1 Å². The van der Waals surface area contributed by atoms with Gasteiger partial charge in [-0.25, -0.2) is 19.0 Å². The third-order valence-corrected chi connectivity index (χ3v) is 7.08. The fourth-order valence-electron chi connectivity index (χ4n) is 5.18. The third kappa shape index (κ3) is 4.93. The molecule has 0 aliphatic carbocycles. The molecule has 38 heavy (non-hydrogen) atoms. The smallest absolute Gasteiger partial charge is 0.225 e. The second kappa shape index (κ2) is 10.6. The SMILES string of the molecule is Cc1nn(-c2cccc(F)c2)cc1-c1ccnc(N2CCN(C(c3ccccc3)c3ccccc3)CC2)n1. The number of hydrogen-bond acceptors (Lipinski definition) is 5. The lowest BCUT2D eigenvalue weighted by Gasteiger charge is -2.39. The Morgan fingerprint density at radius 3 is 2.13 bits per heavy atom. The molecular weight excluding hydrogens is 475 g/mol. The van der Waals surface area contributed by atoms with Crippen LogP contribution in [0.3, 0.4) is 0 Å². The van der Waals surface area contributed by atoms with Crippen LogP contribution in [0.2, 0.25) is 0 Å². The average Bonchev–Trinajstić information content (AvgIpc) is 3.36. The molecule has 0 bridgehead atoms. The number of rotatable bonds is 6. The van der Waals surface area contributed by atoms with Gasteiger partial charge in [0, 0.05) is 44.1 Å². The van der Waals surface area contributed by atoms with Crippen molar-refractivity contribution in [2.75, 3.05) is 31.1 Å². The third-order valence-electron chi connectivity index (χ3n) is 7.08. The van der Waals surface area contributed by atoms with Gasteiger partial charge in [-0.15, -0.1) is 0 Å². The normalized spacial score (nSPS) is 14.2. The summed E-state index contributed by atoms with van der Waals surface area (Å²) in [5, 5.41) is 4.60. The van der Waals surface area contributed by atoms with Crippen LogP contribution >= 0.6 is 0 Å². The maximum absolute atomic E-state index is 13.7. The van der Waals surface area contributed by atoms with Crippen molar-refractivity contribution in [2.24, 2.45) is 0 Å². The van der Waals surface area contributed by atoms with E-state index >= 15 is 0 Å². The molecule has 2 aromatic heterocycles. The molecule has 0 N–H and O–H groups in total. The van der Waals surface area contributed by atoms with E-state index in [1.54, 1.807) is 16.9 Å². The summed E-state index contributed by atoms with van der Waals surface area (Å²) in [6.07, 6.45) is 3.71. The van der Waals surface area contributed by atoms with Gasteiger partial charge in [-0.2, -0.15) is 5.10 Å². The summed E-state index contributed by atoms with van der Waals surface area (Å²) >= 11 is 0. The zero-order chi connectivity index (χ0) is 25.9. The van der Waals surface area contributed by atoms with E-state index in [9.17, 15) is 4.39 Å². The predicted molar refractivity (Wildman–Crippen MR) is 148 cm³/mol. The number of hydrogen-bond donors (Lipinski definition) is 0. The van der Waals surface area contributed by atoms with E-state index in [-0.39, 0.29) is 11.9 Å². The van der Waals surface area contributed by atoms with E-state index < -0.39 is 0 Å². The fraction of sp³-hybridized carbons (Fsp3) is 0.194. The van der Waals surface area contributed by atoms with Gasteiger partial charge < -0.3 is 4.90 Å². The van der Waals surface area contributed by atoms with Crippen LogP contribution in [0.15, 0.2) is 103 Å². The van der Waals surface area contributed by atoms with Gasteiger partial charge >= 0.3 is 0 Å². The Morgan fingerprint density at radius 1 is 0.789 bits per heavy atom. The Kier molecular flexibility index (Phi) is 6.67. The zero-order valence-corrected chi connectivity index (χ0v) is 21.3. The molecule has 3 heterocycles. The molecule has 1 aliphatic heterocycles. The Balaban J connectivity index is 1.21. The molecule has 0 saturated carbocycles. The number of benzene rings is 3. The summed E-state index contributed by atoms with van der Waals surface area (Å²) in [6, 6.07) is 30.0. The van der Waals surface area contributed by atoms with Gasteiger partial charge in [0.05, 0.1) is 23.1 Å². The zero-order valence-electron chi connectivity index (χ0n) is 21.3. The van der Waals surface area contributed by atoms with Crippen molar-refractivity contribution in [3.05, 3.63) is 126 Å². The molecule has 3 aromatic carbocycles. The van der Waals surface area contributed by atoms with Crippen LogP contribution in [-0.4, -0.2) is 50.8 Å². The molecule has 0 amide bonds.